The summed E-state index contributed by atoms with van der Waals surface area (Å²) in [5.41, 5.74) is 0.679. The zero-order valence-corrected chi connectivity index (χ0v) is 11.1. The van der Waals surface area contributed by atoms with E-state index in [9.17, 15) is 5.11 Å². The number of benzene rings is 1. The highest BCUT2D eigenvalue weighted by atomic mass is 16.6. The molecule has 102 valence electrons. The normalized spacial score (nSPS) is 12.6. The fraction of sp³-hybridized carbons (Fsp3) is 0.600. The first-order valence-electron chi connectivity index (χ1n) is 6.82. The molecule has 0 aliphatic rings. The minimum atomic E-state index is -0.888. The average molecular weight is 252 g/mol. The molecule has 1 rings (SSSR count). The van der Waals surface area contributed by atoms with E-state index in [4.69, 9.17) is 9.84 Å². The Labute approximate surface area is 109 Å². The largest absolute Gasteiger partial charge is 0.508 e. The third-order valence-electron chi connectivity index (χ3n) is 2.95. The second-order valence-corrected chi connectivity index (χ2v) is 4.58. The Kier molecular flexibility index (Phi) is 7.46. The molecular formula is C15H24O3. The van der Waals surface area contributed by atoms with Crippen LogP contribution in [-0.4, -0.2) is 16.8 Å². The van der Waals surface area contributed by atoms with Crippen LogP contribution in [0.5, 0.6) is 5.75 Å². The summed E-state index contributed by atoms with van der Waals surface area (Å²) in [6.45, 7) is 2.78. The molecule has 3 heteroatoms. The van der Waals surface area contributed by atoms with Gasteiger partial charge in [-0.1, -0.05) is 51.2 Å². The molecule has 2 N–H and O–H groups in total. The van der Waals surface area contributed by atoms with Gasteiger partial charge in [0.05, 0.1) is 6.61 Å². The van der Waals surface area contributed by atoms with Gasteiger partial charge in [0.2, 0.25) is 0 Å². The topological polar surface area (TPSA) is 49.7 Å². The van der Waals surface area contributed by atoms with Crippen molar-refractivity contribution >= 4 is 0 Å². The van der Waals surface area contributed by atoms with Gasteiger partial charge in [0, 0.05) is 5.56 Å². The maximum atomic E-state index is 9.75. The quantitative estimate of drug-likeness (QED) is 0.519. The smallest absolute Gasteiger partial charge is 0.181 e. The Balaban J connectivity index is 2.10. The lowest BCUT2D eigenvalue weighted by atomic mass is 10.1. The summed E-state index contributed by atoms with van der Waals surface area (Å²) in [6, 6.07) is 6.43. The van der Waals surface area contributed by atoms with E-state index < -0.39 is 6.29 Å². The van der Waals surface area contributed by atoms with E-state index in [-0.39, 0.29) is 5.75 Å². The summed E-state index contributed by atoms with van der Waals surface area (Å²) < 4.78 is 5.35. The molecule has 1 aromatic rings. The monoisotopic (exact) mass is 252 g/mol. The van der Waals surface area contributed by atoms with Crippen LogP contribution in [0.15, 0.2) is 24.3 Å². The molecule has 0 aliphatic carbocycles. The van der Waals surface area contributed by atoms with Crippen LogP contribution in [0, 0.1) is 0 Å². The van der Waals surface area contributed by atoms with Crippen LogP contribution in [0.4, 0.5) is 0 Å². The minimum Gasteiger partial charge on any atom is -0.508 e. The number of aliphatic hydroxyl groups is 1. The zero-order valence-electron chi connectivity index (χ0n) is 11.1. The molecule has 0 heterocycles. The van der Waals surface area contributed by atoms with Crippen LogP contribution in [0.1, 0.15) is 57.3 Å². The Bertz CT molecular complexity index is 308. The van der Waals surface area contributed by atoms with E-state index >= 15 is 0 Å². The van der Waals surface area contributed by atoms with E-state index in [1.54, 1.807) is 24.3 Å². The maximum absolute atomic E-state index is 9.75. The van der Waals surface area contributed by atoms with Gasteiger partial charge in [-0.25, -0.2) is 0 Å². The highest BCUT2D eigenvalue weighted by Crippen LogP contribution is 2.18. The van der Waals surface area contributed by atoms with Gasteiger partial charge in [-0.3, -0.25) is 0 Å². The van der Waals surface area contributed by atoms with Crippen LogP contribution < -0.4 is 0 Å². The standard InChI is InChI=1S/C15H24O3/c1-2-3-4-5-6-7-12-18-15(17)13-8-10-14(16)11-9-13/h8-11,15-17H,2-7,12H2,1H3. The predicted molar refractivity (Wildman–Crippen MR) is 72.4 cm³/mol. The van der Waals surface area contributed by atoms with E-state index in [1.165, 1.54) is 25.7 Å². The molecule has 0 aromatic heterocycles. The number of hydrogen-bond acceptors (Lipinski definition) is 3. The Hall–Kier alpha value is -1.06. The number of phenolic OH excluding ortho intramolecular Hbond substituents is 1. The number of unbranched alkanes of at least 4 members (excludes halogenated alkanes) is 5. The second kappa shape index (κ2) is 8.95. The molecular weight excluding hydrogens is 228 g/mol. The van der Waals surface area contributed by atoms with Gasteiger partial charge in [-0.2, -0.15) is 0 Å². The van der Waals surface area contributed by atoms with Crippen molar-refractivity contribution < 1.29 is 14.9 Å². The highest BCUT2D eigenvalue weighted by Gasteiger charge is 2.06. The second-order valence-electron chi connectivity index (χ2n) is 4.58. The lowest BCUT2D eigenvalue weighted by Crippen LogP contribution is -2.04. The molecule has 18 heavy (non-hydrogen) atoms. The summed E-state index contributed by atoms with van der Waals surface area (Å²) in [7, 11) is 0. The van der Waals surface area contributed by atoms with Crippen molar-refractivity contribution in [1.29, 1.82) is 0 Å². The average Bonchev–Trinajstić information content (AvgIpc) is 2.38. The first-order chi connectivity index (χ1) is 8.74. The SMILES string of the molecule is CCCCCCCCOC(O)c1ccc(O)cc1. The van der Waals surface area contributed by atoms with Crippen LogP contribution in [0.3, 0.4) is 0 Å². The fourth-order valence-electron chi connectivity index (χ4n) is 1.81. The molecule has 0 bridgehead atoms. The lowest BCUT2D eigenvalue weighted by molar-refractivity contribution is -0.103. The third-order valence-corrected chi connectivity index (χ3v) is 2.95. The minimum absolute atomic E-state index is 0.196. The van der Waals surface area contributed by atoms with Crippen LogP contribution >= 0.6 is 0 Å². The highest BCUT2D eigenvalue weighted by molar-refractivity contribution is 5.26. The molecule has 1 atom stereocenters. The van der Waals surface area contributed by atoms with Crippen molar-refractivity contribution in [3.8, 4) is 5.75 Å². The van der Waals surface area contributed by atoms with Gasteiger partial charge < -0.3 is 14.9 Å². The molecule has 0 amide bonds. The number of ether oxygens (including phenoxy) is 1. The van der Waals surface area contributed by atoms with Crippen LogP contribution in [0.2, 0.25) is 0 Å². The summed E-state index contributed by atoms with van der Waals surface area (Å²) >= 11 is 0. The van der Waals surface area contributed by atoms with E-state index in [0.29, 0.717) is 12.2 Å². The lowest BCUT2D eigenvalue weighted by Gasteiger charge is -2.12. The Morgan fingerprint density at radius 3 is 2.28 bits per heavy atom. The van der Waals surface area contributed by atoms with Crippen LogP contribution in [-0.2, 0) is 4.74 Å². The van der Waals surface area contributed by atoms with Crippen molar-refractivity contribution in [1.82, 2.24) is 0 Å². The van der Waals surface area contributed by atoms with Gasteiger partial charge in [0.15, 0.2) is 6.29 Å². The summed E-state index contributed by atoms with van der Waals surface area (Å²) in [4.78, 5) is 0. The Morgan fingerprint density at radius 2 is 1.61 bits per heavy atom. The number of rotatable bonds is 9. The molecule has 0 saturated carbocycles. The molecule has 0 fully saturated rings. The Morgan fingerprint density at radius 1 is 1.00 bits per heavy atom. The van der Waals surface area contributed by atoms with Gasteiger partial charge in [0.1, 0.15) is 5.75 Å². The first-order valence-corrected chi connectivity index (χ1v) is 6.82. The number of aliphatic hydroxyl groups excluding tert-OH is 1. The molecule has 0 spiro atoms. The van der Waals surface area contributed by atoms with E-state index in [2.05, 4.69) is 6.92 Å². The molecule has 1 aromatic carbocycles. The van der Waals surface area contributed by atoms with Crippen molar-refractivity contribution in [2.75, 3.05) is 6.61 Å². The van der Waals surface area contributed by atoms with Gasteiger partial charge in [-0.05, 0) is 18.6 Å². The zero-order chi connectivity index (χ0) is 13.2. The van der Waals surface area contributed by atoms with Crippen molar-refractivity contribution in [2.24, 2.45) is 0 Å². The predicted octanol–water partition coefficient (Wildman–Crippen LogP) is 3.76. The summed E-state index contributed by atoms with van der Waals surface area (Å²) in [5, 5.41) is 18.9. The van der Waals surface area contributed by atoms with E-state index in [0.717, 1.165) is 12.8 Å². The molecule has 0 aliphatic heterocycles. The van der Waals surface area contributed by atoms with Crippen molar-refractivity contribution in [2.45, 2.75) is 51.7 Å². The van der Waals surface area contributed by atoms with Gasteiger partial charge in [-0.15, -0.1) is 0 Å². The molecule has 0 radical (unpaired) electrons. The van der Waals surface area contributed by atoms with E-state index in [1.807, 2.05) is 0 Å². The van der Waals surface area contributed by atoms with Gasteiger partial charge in [0.25, 0.3) is 0 Å². The number of phenols is 1. The summed E-state index contributed by atoms with van der Waals surface area (Å²) in [5.74, 6) is 0.196. The maximum Gasteiger partial charge on any atom is 0.181 e. The van der Waals surface area contributed by atoms with Gasteiger partial charge >= 0.3 is 0 Å². The number of hydrogen-bond donors (Lipinski definition) is 2. The molecule has 1 unspecified atom stereocenters. The fourth-order valence-corrected chi connectivity index (χ4v) is 1.81. The molecule has 0 saturated heterocycles. The van der Waals surface area contributed by atoms with Crippen molar-refractivity contribution in [3.63, 3.8) is 0 Å². The third kappa shape index (κ3) is 6.03. The molecule has 3 nitrogen and oxygen atoms in total. The van der Waals surface area contributed by atoms with Crippen molar-refractivity contribution in [3.05, 3.63) is 29.8 Å². The first kappa shape index (κ1) is 15.0. The summed E-state index contributed by atoms with van der Waals surface area (Å²) in [6.07, 6.45) is 6.35. The van der Waals surface area contributed by atoms with Crippen LogP contribution in [0.25, 0.3) is 0 Å². The number of aromatic hydroxyl groups is 1.